The largest absolute Gasteiger partial charge is 0.459 e. The first-order valence-electron chi connectivity index (χ1n) is 9.21. The Kier molecular flexibility index (Phi) is 4.71. The van der Waals surface area contributed by atoms with Gasteiger partial charge in [-0.15, -0.1) is 5.10 Å². The quantitative estimate of drug-likeness (QED) is 0.544. The minimum Gasteiger partial charge on any atom is -0.459 e. The van der Waals surface area contributed by atoms with Crippen LogP contribution in [0.4, 0.5) is 13.2 Å². The van der Waals surface area contributed by atoms with E-state index in [0.29, 0.717) is 22.7 Å². The van der Waals surface area contributed by atoms with E-state index in [1.165, 1.54) is 0 Å². The fraction of sp³-hybridized carbons (Fsp3) is 0.300. The molecule has 1 atom stereocenters. The van der Waals surface area contributed by atoms with Gasteiger partial charge < -0.3 is 9.73 Å². The second-order valence-electron chi connectivity index (χ2n) is 7.06. The van der Waals surface area contributed by atoms with E-state index in [1.807, 2.05) is 30.3 Å². The van der Waals surface area contributed by atoms with Crippen molar-refractivity contribution in [3.05, 3.63) is 58.9 Å². The fourth-order valence-corrected chi connectivity index (χ4v) is 3.32. The van der Waals surface area contributed by atoms with Gasteiger partial charge in [0.05, 0.1) is 12.5 Å². The molecule has 0 spiro atoms. The van der Waals surface area contributed by atoms with Crippen LogP contribution in [0.25, 0.3) is 16.7 Å². The molecule has 0 fully saturated rings. The molecule has 0 unspecified atom stereocenters. The Morgan fingerprint density at radius 3 is 2.67 bits per heavy atom. The van der Waals surface area contributed by atoms with Gasteiger partial charge in [-0.1, -0.05) is 18.2 Å². The number of furan rings is 1. The van der Waals surface area contributed by atoms with Gasteiger partial charge in [0.25, 0.3) is 11.6 Å². The lowest BCUT2D eigenvalue weighted by molar-refractivity contribution is -0.144. The summed E-state index contributed by atoms with van der Waals surface area (Å²) in [6.45, 7) is 5.01. The maximum absolute atomic E-state index is 12.9. The Hall–Kier alpha value is -3.43. The van der Waals surface area contributed by atoms with E-state index in [0.717, 1.165) is 15.5 Å². The molecule has 0 aliphatic heterocycles. The summed E-state index contributed by atoms with van der Waals surface area (Å²) in [6.07, 6.45) is -4.74. The second-order valence-corrected chi connectivity index (χ2v) is 7.06. The highest BCUT2D eigenvalue weighted by molar-refractivity contribution is 5.80. The van der Waals surface area contributed by atoms with E-state index >= 15 is 0 Å². The zero-order valence-electron chi connectivity index (χ0n) is 16.4. The average molecular weight is 417 g/mol. The summed E-state index contributed by atoms with van der Waals surface area (Å²) in [4.78, 5) is 20.1. The molecular weight excluding hydrogens is 399 g/mol. The van der Waals surface area contributed by atoms with Crippen LogP contribution in [0.3, 0.4) is 0 Å². The third-order valence-electron chi connectivity index (χ3n) is 4.89. The number of carbonyl (C=O) groups excluding carboxylic acids is 1. The summed E-state index contributed by atoms with van der Waals surface area (Å²) >= 11 is 0. The number of hydrogen-bond donors (Lipinski definition) is 1. The van der Waals surface area contributed by atoms with Crippen molar-refractivity contribution in [3.8, 4) is 0 Å². The highest BCUT2D eigenvalue weighted by atomic mass is 19.4. The summed E-state index contributed by atoms with van der Waals surface area (Å²) < 4.78 is 45.5. The number of nitrogens with one attached hydrogen (secondary N) is 1. The van der Waals surface area contributed by atoms with Crippen LogP contribution in [-0.4, -0.2) is 25.5 Å². The first kappa shape index (κ1) is 19.9. The lowest BCUT2D eigenvalue weighted by atomic mass is 10.1. The molecule has 1 aromatic carbocycles. The number of benzene rings is 1. The van der Waals surface area contributed by atoms with Crippen LogP contribution in [0, 0.1) is 13.8 Å². The molecule has 3 aromatic heterocycles. The van der Waals surface area contributed by atoms with Crippen molar-refractivity contribution in [2.75, 3.05) is 0 Å². The molecule has 0 aliphatic rings. The SMILES string of the molecule is Cc1nc2nc(C(F)(F)F)nn2c(C)c1CC(=O)N[C@H](C)c1cc2ccccc2o1. The Labute approximate surface area is 168 Å². The van der Waals surface area contributed by atoms with Crippen LogP contribution >= 0.6 is 0 Å². The molecule has 4 rings (SSSR count). The molecular formula is C20H18F3N5O2. The number of aryl methyl sites for hydroxylation is 2. The molecule has 0 bridgehead atoms. The molecule has 0 saturated heterocycles. The van der Waals surface area contributed by atoms with Crippen molar-refractivity contribution in [1.29, 1.82) is 0 Å². The zero-order valence-corrected chi connectivity index (χ0v) is 16.4. The van der Waals surface area contributed by atoms with Crippen molar-refractivity contribution in [2.45, 2.75) is 39.4 Å². The van der Waals surface area contributed by atoms with Crippen LogP contribution in [0.5, 0.6) is 0 Å². The molecule has 3 heterocycles. The molecule has 0 radical (unpaired) electrons. The summed E-state index contributed by atoms with van der Waals surface area (Å²) in [6, 6.07) is 8.99. The molecule has 0 saturated carbocycles. The molecule has 10 heteroatoms. The fourth-order valence-electron chi connectivity index (χ4n) is 3.32. The molecule has 156 valence electrons. The van der Waals surface area contributed by atoms with E-state index in [1.54, 1.807) is 20.8 Å². The van der Waals surface area contributed by atoms with E-state index in [4.69, 9.17) is 4.42 Å². The Balaban J connectivity index is 1.56. The third kappa shape index (κ3) is 3.60. The summed E-state index contributed by atoms with van der Waals surface area (Å²) in [5.74, 6) is -1.13. The van der Waals surface area contributed by atoms with Crippen LogP contribution in [0.1, 0.15) is 41.5 Å². The maximum atomic E-state index is 12.9. The first-order valence-corrected chi connectivity index (χ1v) is 9.21. The Morgan fingerprint density at radius 2 is 1.97 bits per heavy atom. The van der Waals surface area contributed by atoms with Crippen molar-refractivity contribution in [2.24, 2.45) is 0 Å². The highest BCUT2D eigenvalue weighted by Gasteiger charge is 2.37. The van der Waals surface area contributed by atoms with Crippen LogP contribution in [-0.2, 0) is 17.4 Å². The monoisotopic (exact) mass is 417 g/mol. The third-order valence-corrected chi connectivity index (χ3v) is 4.89. The van der Waals surface area contributed by atoms with Crippen molar-refractivity contribution in [3.63, 3.8) is 0 Å². The number of alkyl halides is 3. The van der Waals surface area contributed by atoms with Gasteiger partial charge >= 0.3 is 6.18 Å². The van der Waals surface area contributed by atoms with Crippen molar-refractivity contribution < 1.29 is 22.4 Å². The number of para-hydroxylation sites is 1. The summed E-state index contributed by atoms with van der Waals surface area (Å²) in [7, 11) is 0. The van der Waals surface area contributed by atoms with Gasteiger partial charge in [0.1, 0.15) is 11.3 Å². The highest BCUT2D eigenvalue weighted by Crippen LogP contribution is 2.27. The minimum atomic E-state index is -4.67. The minimum absolute atomic E-state index is 0.0631. The van der Waals surface area contributed by atoms with E-state index in [-0.39, 0.29) is 24.1 Å². The topological polar surface area (TPSA) is 85.3 Å². The maximum Gasteiger partial charge on any atom is 0.453 e. The van der Waals surface area contributed by atoms with Crippen LogP contribution in [0.2, 0.25) is 0 Å². The lowest BCUT2D eigenvalue weighted by Crippen LogP contribution is -2.28. The van der Waals surface area contributed by atoms with E-state index in [9.17, 15) is 18.0 Å². The smallest absolute Gasteiger partial charge is 0.453 e. The Bertz CT molecular complexity index is 1230. The number of fused-ring (bicyclic) bond motifs is 2. The predicted octanol–water partition coefficient (Wildman–Crippen LogP) is 3.93. The standard InChI is InChI=1S/C20H18F3N5O2/c1-10-14(12(3)28-19(25-10)26-18(27-28)20(21,22)23)9-17(29)24-11(2)16-8-13-6-4-5-7-15(13)30-16/h4-8,11H,9H2,1-3H3,(H,24,29)/t11-/m1/s1. The average Bonchev–Trinajstić information content (AvgIpc) is 3.29. The molecule has 1 N–H and O–H groups in total. The number of carbonyl (C=O) groups is 1. The number of amides is 1. The summed E-state index contributed by atoms with van der Waals surface area (Å²) in [5.41, 5.74) is 2.02. The molecule has 0 aliphatic carbocycles. The number of aromatic nitrogens is 4. The molecule has 30 heavy (non-hydrogen) atoms. The molecule has 4 aromatic rings. The second kappa shape index (κ2) is 7.12. The van der Waals surface area contributed by atoms with Gasteiger partial charge in [-0.3, -0.25) is 4.79 Å². The summed E-state index contributed by atoms with van der Waals surface area (Å²) in [5, 5.41) is 7.28. The Morgan fingerprint density at radius 1 is 1.23 bits per heavy atom. The van der Waals surface area contributed by atoms with Gasteiger partial charge in [0.15, 0.2) is 0 Å². The van der Waals surface area contributed by atoms with E-state index < -0.39 is 12.0 Å². The molecule has 1 amide bonds. The first-order chi connectivity index (χ1) is 14.1. The van der Waals surface area contributed by atoms with Gasteiger partial charge in [-0.2, -0.15) is 18.2 Å². The zero-order chi connectivity index (χ0) is 21.6. The molecule has 7 nitrogen and oxygen atoms in total. The predicted molar refractivity (Wildman–Crippen MR) is 102 cm³/mol. The number of halogens is 3. The number of hydrogen-bond acceptors (Lipinski definition) is 5. The van der Waals surface area contributed by atoms with Crippen LogP contribution < -0.4 is 5.32 Å². The van der Waals surface area contributed by atoms with Gasteiger partial charge in [-0.25, -0.2) is 9.50 Å². The van der Waals surface area contributed by atoms with Crippen LogP contribution in [0.15, 0.2) is 34.7 Å². The van der Waals surface area contributed by atoms with Gasteiger partial charge in [-0.05, 0) is 32.9 Å². The normalized spacial score (nSPS) is 13.1. The number of nitrogens with zero attached hydrogens (tertiary/aromatic N) is 4. The lowest BCUT2D eigenvalue weighted by Gasteiger charge is -2.14. The van der Waals surface area contributed by atoms with Crippen molar-refractivity contribution in [1.82, 2.24) is 24.9 Å². The van der Waals surface area contributed by atoms with Gasteiger partial charge in [0, 0.05) is 22.3 Å². The van der Waals surface area contributed by atoms with E-state index in [2.05, 4.69) is 20.4 Å². The van der Waals surface area contributed by atoms with Gasteiger partial charge in [0.2, 0.25) is 5.91 Å². The van der Waals surface area contributed by atoms with Crippen molar-refractivity contribution >= 4 is 22.7 Å². The number of rotatable bonds is 4.